The largest absolute Gasteiger partial charge is 0.488 e. The number of nitrogens with one attached hydrogen (secondary N) is 1. The molecule has 0 saturated carbocycles. The number of halogens is 3. The molecular formula is C20H24F3N3O2. The maximum atomic E-state index is 14.4. The molecule has 0 bridgehead atoms. The first-order chi connectivity index (χ1) is 13.5. The summed E-state index contributed by atoms with van der Waals surface area (Å²) in [5.74, 6) is 0.944. The molecule has 1 fully saturated rings. The third-order valence-electron chi connectivity index (χ3n) is 4.80. The van der Waals surface area contributed by atoms with Crippen LogP contribution in [0.25, 0.3) is 0 Å². The first-order valence-electron chi connectivity index (χ1n) is 9.33. The van der Waals surface area contributed by atoms with Crippen molar-refractivity contribution >= 4 is 5.82 Å². The van der Waals surface area contributed by atoms with Gasteiger partial charge in [0, 0.05) is 18.8 Å². The number of benzene rings is 1. The van der Waals surface area contributed by atoms with E-state index in [1.54, 1.807) is 20.0 Å². The Kier molecular flexibility index (Phi) is 6.72. The van der Waals surface area contributed by atoms with Crippen LogP contribution in [0, 0.1) is 18.7 Å². The molecule has 2 atom stereocenters. The summed E-state index contributed by atoms with van der Waals surface area (Å²) in [6, 6.07) is 3.41. The van der Waals surface area contributed by atoms with Crippen LogP contribution in [0.3, 0.4) is 0 Å². The molecule has 8 heteroatoms. The number of anilines is 1. The number of hydrogen-bond acceptors (Lipinski definition) is 5. The fourth-order valence-electron chi connectivity index (χ4n) is 3.17. The zero-order valence-electron chi connectivity index (χ0n) is 15.9. The molecule has 0 amide bonds. The number of aryl methyl sites for hydroxylation is 1. The monoisotopic (exact) mass is 395 g/mol. The van der Waals surface area contributed by atoms with Gasteiger partial charge in [-0.1, -0.05) is 18.2 Å². The predicted molar refractivity (Wildman–Crippen MR) is 99.2 cm³/mol. The maximum absolute atomic E-state index is 14.4. The highest BCUT2D eigenvalue weighted by molar-refractivity contribution is 5.50. The summed E-state index contributed by atoms with van der Waals surface area (Å²) in [5, 5.41) is 3.07. The van der Waals surface area contributed by atoms with Gasteiger partial charge < -0.3 is 14.8 Å². The maximum Gasteiger partial charge on any atom is 0.266 e. The fourth-order valence-corrected chi connectivity index (χ4v) is 3.17. The summed E-state index contributed by atoms with van der Waals surface area (Å²) in [6.07, 6.45) is 0.574. The highest BCUT2D eigenvalue weighted by Gasteiger charge is 2.21. The molecule has 28 heavy (non-hydrogen) atoms. The lowest BCUT2D eigenvalue weighted by atomic mass is 10.0. The molecule has 1 aromatic carbocycles. The minimum absolute atomic E-state index is 0.142. The molecule has 1 saturated heterocycles. The van der Waals surface area contributed by atoms with Crippen LogP contribution in [0.15, 0.2) is 24.4 Å². The highest BCUT2D eigenvalue weighted by atomic mass is 19.3. The van der Waals surface area contributed by atoms with Gasteiger partial charge in [0.2, 0.25) is 0 Å². The molecule has 1 aromatic heterocycles. The Hall–Kier alpha value is -2.35. The van der Waals surface area contributed by atoms with Crippen LogP contribution < -0.4 is 10.1 Å². The Bertz CT molecular complexity index is 798. The van der Waals surface area contributed by atoms with E-state index < -0.39 is 23.8 Å². The third kappa shape index (κ3) is 4.92. The molecule has 0 radical (unpaired) electrons. The molecule has 1 aliphatic heterocycles. The first kappa shape index (κ1) is 20.4. The van der Waals surface area contributed by atoms with Crippen molar-refractivity contribution in [1.29, 1.82) is 0 Å². The number of nitrogens with zero attached hydrogens (tertiary/aromatic N) is 2. The molecule has 5 nitrogen and oxygen atoms in total. The van der Waals surface area contributed by atoms with Gasteiger partial charge in [0.1, 0.15) is 11.6 Å². The zero-order chi connectivity index (χ0) is 20.1. The molecule has 152 valence electrons. The van der Waals surface area contributed by atoms with Gasteiger partial charge in [-0.3, -0.25) is 0 Å². The predicted octanol–water partition coefficient (Wildman–Crippen LogP) is 4.84. The van der Waals surface area contributed by atoms with Gasteiger partial charge in [0.15, 0.2) is 11.6 Å². The summed E-state index contributed by atoms with van der Waals surface area (Å²) < 4.78 is 51.6. The summed E-state index contributed by atoms with van der Waals surface area (Å²) in [4.78, 5) is 8.48. The van der Waals surface area contributed by atoms with Crippen LogP contribution in [0.2, 0.25) is 0 Å². The van der Waals surface area contributed by atoms with E-state index in [0.29, 0.717) is 29.9 Å². The minimum Gasteiger partial charge on any atom is -0.488 e. The molecule has 2 aromatic rings. The number of rotatable bonds is 8. The van der Waals surface area contributed by atoms with E-state index in [9.17, 15) is 13.2 Å². The van der Waals surface area contributed by atoms with Crippen molar-refractivity contribution in [3.05, 3.63) is 47.2 Å². The Balaban J connectivity index is 1.72. The van der Waals surface area contributed by atoms with Gasteiger partial charge >= 0.3 is 0 Å². The molecule has 0 spiro atoms. The van der Waals surface area contributed by atoms with Gasteiger partial charge in [0.05, 0.1) is 24.4 Å². The smallest absolute Gasteiger partial charge is 0.266 e. The average molecular weight is 395 g/mol. The van der Waals surface area contributed by atoms with Gasteiger partial charge in [-0.05, 0) is 32.6 Å². The average Bonchev–Trinajstić information content (AvgIpc) is 3.17. The van der Waals surface area contributed by atoms with E-state index in [2.05, 4.69) is 15.3 Å². The van der Waals surface area contributed by atoms with Crippen LogP contribution in [-0.4, -0.2) is 29.8 Å². The van der Waals surface area contributed by atoms with Gasteiger partial charge in [-0.2, -0.15) is 0 Å². The molecule has 1 N–H and O–H groups in total. The Morgan fingerprint density at radius 2 is 2.11 bits per heavy atom. The van der Waals surface area contributed by atoms with Crippen LogP contribution in [0.1, 0.15) is 49.2 Å². The van der Waals surface area contributed by atoms with Gasteiger partial charge in [-0.25, -0.2) is 23.1 Å². The Labute approximate surface area is 162 Å². The van der Waals surface area contributed by atoms with E-state index in [-0.39, 0.29) is 5.56 Å². The van der Waals surface area contributed by atoms with Crippen molar-refractivity contribution in [2.75, 3.05) is 25.1 Å². The standard InChI is InChI=1S/C20H24F3N3O2/c1-12(15-4-3-5-16(18(15)21)19(22)23)25-20-17(10-24-13(2)26-20)28-9-7-14-6-8-27-11-14/h3-5,10,12,14,19H,6-9,11H2,1-2H3,(H,24,25,26)/t12-,14?/m1/s1. The highest BCUT2D eigenvalue weighted by Crippen LogP contribution is 2.31. The Morgan fingerprint density at radius 3 is 2.82 bits per heavy atom. The summed E-state index contributed by atoms with van der Waals surface area (Å²) in [6.45, 7) is 5.43. The summed E-state index contributed by atoms with van der Waals surface area (Å²) in [5.41, 5.74) is -0.469. The molecule has 2 heterocycles. The number of hydrogen-bond donors (Lipinski definition) is 1. The lowest BCUT2D eigenvalue weighted by molar-refractivity contribution is 0.146. The molecule has 1 aliphatic rings. The second-order valence-electron chi connectivity index (χ2n) is 6.91. The zero-order valence-corrected chi connectivity index (χ0v) is 15.9. The van der Waals surface area contributed by atoms with Gasteiger partial charge in [-0.15, -0.1) is 0 Å². The molecule has 3 rings (SSSR count). The second-order valence-corrected chi connectivity index (χ2v) is 6.91. The van der Waals surface area contributed by atoms with Crippen LogP contribution in [0.5, 0.6) is 5.75 Å². The first-order valence-corrected chi connectivity index (χ1v) is 9.33. The quantitative estimate of drug-likeness (QED) is 0.693. The third-order valence-corrected chi connectivity index (χ3v) is 4.80. The SMILES string of the molecule is Cc1ncc(OCCC2CCOC2)c(N[C@H](C)c2cccc(C(F)F)c2F)n1. The normalized spacial score (nSPS) is 17.7. The van der Waals surface area contributed by atoms with Crippen molar-refractivity contribution in [2.24, 2.45) is 5.92 Å². The topological polar surface area (TPSA) is 56.3 Å². The fraction of sp³-hybridized carbons (Fsp3) is 0.500. The summed E-state index contributed by atoms with van der Waals surface area (Å²) in [7, 11) is 0. The van der Waals surface area contributed by atoms with E-state index >= 15 is 0 Å². The summed E-state index contributed by atoms with van der Waals surface area (Å²) >= 11 is 0. The van der Waals surface area contributed by atoms with Gasteiger partial charge in [0.25, 0.3) is 6.43 Å². The van der Waals surface area contributed by atoms with E-state index in [1.165, 1.54) is 12.1 Å². The van der Waals surface area contributed by atoms with Crippen molar-refractivity contribution in [3.63, 3.8) is 0 Å². The van der Waals surface area contributed by atoms with Crippen LogP contribution in [-0.2, 0) is 4.74 Å². The van der Waals surface area contributed by atoms with Crippen LogP contribution >= 0.6 is 0 Å². The lowest BCUT2D eigenvalue weighted by Crippen LogP contribution is -2.14. The number of aromatic nitrogens is 2. The molecule has 0 aliphatic carbocycles. The molecular weight excluding hydrogens is 371 g/mol. The van der Waals surface area contributed by atoms with Crippen molar-refractivity contribution in [1.82, 2.24) is 9.97 Å². The lowest BCUT2D eigenvalue weighted by Gasteiger charge is -2.19. The number of ether oxygens (including phenoxy) is 2. The number of alkyl halides is 2. The molecule has 1 unspecified atom stereocenters. The van der Waals surface area contributed by atoms with E-state index in [0.717, 1.165) is 32.1 Å². The Morgan fingerprint density at radius 1 is 1.32 bits per heavy atom. The minimum atomic E-state index is -2.87. The van der Waals surface area contributed by atoms with E-state index in [4.69, 9.17) is 9.47 Å². The second kappa shape index (κ2) is 9.23. The van der Waals surface area contributed by atoms with Crippen molar-refractivity contribution in [2.45, 2.75) is 39.2 Å². The van der Waals surface area contributed by atoms with Crippen LogP contribution in [0.4, 0.5) is 19.0 Å². The van der Waals surface area contributed by atoms with E-state index in [1.807, 2.05) is 0 Å². The van der Waals surface area contributed by atoms with Crippen molar-refractivity contribution in [3.8, 4) is 5.75 Å². The van der Waals surface area contributed by atoms with Crippen molar-refractivity contribution < 1.29 is 22.6 Å².